The van der Waals surface area contributed by atoms with Gasteiger partial charge in [0.1, 0.15) is 0 Å². The highest BCUT2D eigenvalue weighted by atomic mass is 16.6. The third-order valence-electron chi connectivity index (χ3n) is 4.28. The summed E-state index contributed by atoms with van der Waals surface area (Å²) in [5.41, 5.74) is -0.133. The van der Waals surface area contributed by atoms with Crippen LogP contribution in [-0.2, 0) is 19.1 Å². The second-order valence-corrected chi connectivity index (χ2v) is 5.62. The van der Waals surface area contributed by atoms with Gasteiger partial charge >= 0.3 is 11.9 Å². The van der Waals surface area contributed by atoms with Crippen molar-refractivity contribution in [3.8, 4) is 0 Å². The van der Waals surface area contributed by atoms with Crippen LogP contribution in [0.4, 0.5) is 0 Å². The van der Waals surface area contributed by atoms with Crippen molar-refractivity contribution >= 4 is 11.9 Å². The van der Waals surface area contributed by atoms with Crippen LogP contribution in [0.5, 0.6) is 0 Å². The number of rotatable bonds is 4. The van der Waals surface area contributed by atoms with Crippen molar-refractivity contribution in [3.05, 3.63) is 23.8 Å². The summed E-state index contributed by atoms with van der Waals surface area (Å²) in [7, 11) is 0. The van der Waals surface area contributed by atoms with E-state index >= 15 is 0 Å². The molecule has 2 aliphatic carbocycles. The minimum atomic E-state index is -1.18. The van der Waals surface area contributed by atoms with Gasteiger partial charge in [-0.25, -0.2) is 0 Å². The monoisotopic (exact) mass is 292 g/mol. The number of esters is 2. The Morgan fingerprint density at radius 1 is 1.19 bits per heavy atom. The highest BCUT2D eigenvalue weighted by Crippen LogP contribution is 2.47. The highest BCUT2D eigenvalue weighted by Gasteiger charge is 2.56. The summed E-state index contributed by atoms with van der Waals surface area (Å²) in [4.78, 5) is 25.1. The Balaban J connectivity index is 2.36. The molecule has 0 aromatic carbocycles. The van der Waals surface area contributed by atoms with Crippen molar-refractivity contribution in [1.29, 1.82) is 0 Å². The largest absolute Gasteiger partial charge is 0.465 e. The quantitative estimate of drug-likeness (QED) is 0.590. The van der Waals surface area contributed by atoms with Gasteiger partial charge in [0.05, 0.1) is 13.2 Å². The maximum Gasteiger partial charge on any atom is 0.324 e. The van der Waals surface area contributed by atoms with Crippen molar-refractivity contribution in [2.45, 2.75) is 46.0 Å². The molecule has 0 N–H and O–H groups in total. The molecule has 4 nitrogen and oxygen atoms in total. The molecule has 0 spiro atoms. The van der Waals surface area contributed by atoms with Crippen molar-refractivity contribution in [3.63, 3.8) is 0 Å². The van der Waals surface area contributed by atoms with Crippen LogP contribution in [0, 0.1) is 11.3 Å². The zero-order chi connectivity index (χ0) is 15.3. The summed E-state index contributed by atoms with van der Waals surface area (Å²) in [6.07, 6.45) is 10.6. The molecule has 21 heavy (non-hydrogen) atoms. The summed E-state index contributed by atoms with van der Waals surface area (Å²) in [6, 6.07) is 0. The lowest BCUT2D eigenvalue weighted by molar-refractivity contribution is -0.174. The van der Waals surface area contributed by atoms with Crippen LogP contribution in [0.15, 0.2) is 23.8 Å². The van der Waals surface area contributed by atoms with Gasteiger partial charge in [-0.05, 0) is 39.5 Å². The number of ether oxygens (including phenoxy) is 2. The first-order valence-electron chi connectivity index (χ1n) is 7.86. The zero-order valence-corrected chi connectivity index (χ0v) is 12.9. The van der Waals surface area contributed by atoms with E-state index in [1.807, 2.05) is 6.08 Å². The Morgan fingerprint density at radius 2 is 1.86 bits per heavy atom. The van der Waals surface area contributed by atoms with Gasteiger partial charge in [0, 0.05) is 5.92 Å². The van der Waals surface area contributed by atoms with Gasteiger partial charge in [-0.1, -0.05) is 30.2 Å². The zero-order valence-electron chi connectivity index (χ0n) is 12.9. The fourth-order valence-electron chi connectivity index (χ4n) is 3.27. The predicted octanol–water partition coefficient (Wildman–Crippen LogP) is 3.18. The Hall–Kier alpha value is -1.58. The minimum Gasteiger partial charge on any atom is -0.465 e. The molecular formula is C17H24O4. The van der Waals surface area contributed by atoms with E-state index in [9.17, 15) is 9.59 Å². The van der Waals surface area contributed by atoms with E-state index in [-0.39, 0.29) is 19.1 Å². The SMILES string of the molecule is CCOC(=O)C1(C(=O)OCC)CC2=CC1CCCCC=C2. The Labute approximate surface area is 126 Å². The van der Waals surface area contributed by atoms with Crippen LogP contribution in [0.25, 0.3) is 0 Å². The van der Waals surface area contributed by atoms with E-state index < -0.39 is 17.4 Å². The molecule has 0 heterocycles. The smallest absolute Gasteiger partial charge is 0.324 e. The molecule has 0 aromatic rings. The van der Waals surface area contributed by atoms with E-state index in [1.54, 1.807) is 13.8 Å². The molecule has 0 amide bonds. The van der Waals surface area contributed by atoms with Crippen LogP contribution in [0.1, 0.15) is 46.0 Å². The van der Waals surface area contributed by atoms with E-state index in [0.29, 0.717) is 6.42 Å². The van der Waals surface area contributed by atoms with E-state index in [2.05, 4.69) is 12.2 Å². The molecule has 0 radical (unpaired) electrons. The predicted molar refractivity (Wildman–Crippen MR) is 79.5 cm³/mol. The molecule has 1 atom stereocenters. The minimum absolute atomic E-state index is 0.117. The van der Waals surface area contributed by atoms with Crippen molar-refractivity contribution < 1.29 is 19.1 Å². The van der Waals surface area contributed by atoms with Crippen LogP contribution in [0.3, 0.4) is 0 Å². The van der Waals surface area contributed by atoms with Gasteiger partial charge in [-0.15, -0.1) is 0 Å². The lowest BCUT2D eigenvalue weighted by Gasteiger charge is -2.31. The highest BCUT2D eigenvalue weighted by molar-refractivity contribution is 6.02. The normalized spacial score (nSPS) is 23.5. The van der Waals surface area contributed by atoms with Crippen molar-refractivity contribution in [2.24, 2.45) is 11.3 Å². The van der Waals surface area contributed by atoms with Crippen LogP contribution < -0.4 is 0 Å². The van der Waals surface area contributed by atoms with Crippen LogP contribution in [-0.4, -0.2) is 25.2 Å². The number of fused-ring (bicyclic) bond motifs is 1. The molecule has 0 saturated heterocycles. The lowest BCUT2D eigenvalue weighted by Crippen LogP contribution is -2.45. The summed E-state index contributed by atoms with van der Waals surface area (Å²) < 4.78 is 10.4. The molecule has 2 bridgehead atoms. The van der Waals surface area contributed by atoms with Gasteiger partial charge < -0.3 is 9.47 Å². The molecule has 2 aliphatic rings. The molecule has 0 fully saturated rings. The van der Waals surface area contributed by atoms with Gasteiger partial charge in [-0.3, -0.25) is 9.59 Å². The number of carbonyl (C=O) groups excluding carboxylic acids is 2. The third kappa shape index (κ3) is 3.04. The van der Waals surface area contributed by atoms with Gasteiger partial charge in [0.2, 0.25) is 0 Å². The second-order valence-electron chi connectivity index (χ2n) is 5.62. The van der Waals surface area contributed by atoms with Crippen LogP contribution >= 0.6 is 0 Å². The van der Waals surface area contributed by atoms with E-state index in [1.165, 1.54) is 0 Å². The average Bonchev–Trinajstić information content (AvgIpc) is 2.88. The third-order valence-corrected chi connectivity index (χ3v) is 4.28. The maximum atomic E-state index is 12.6. The van der Waals surface area contributed by atoms with Gasteiger partial charge in [0.15, 0.2) is 5.41 Å². The Morgan fingerprint density at radius 3 is 2.48 bits per heavy atom. The maximum absolute atomic E-state index is 12.6. The first-order chi connectivity index (χ1) is 10.1. The molecule has 0 aromatic heterocycles. The number of hydrogen-bond donors (Lipinski definition) is 0. The fraction of sp³-hybridized carbons (Fsp3) is 0.647. The molecular weight excluding hydrogens is 268 g/mol. The summed E-state index contributed by atoms with van der Waals surface area (Å²) in [5, 5.41) is 0. The average molecular weight is 292 g/mol. The Kier molecular flexibility index (Phi) is 5.21. The van der Waals surface area contributed by atoms with Crippen LogP contribution in [0.2, 0.25) is 0 Å². The molecule has 2 rings (SSSR count). The standard InChI is InChI=1S/C17H24O4/c1-3-20-15(18)17(16(19)21-4-2)12-13-9-7-5-6-8-10-14(17)11-13/h7,9,11,14H,3-6,8,10,12H2,1-2H3. The summed E-state index contributed by atoms with van der Waals surface area (Å²) >= 11 is 0. The lowest BCUT2D eigenvalue weighted by atomic mass is 9.74. The molecule has 0 aliphatic heterocycles. The molecule has 4 heteroatoms. The second kappa shape index (κ2) is 6.92. The first kappa shape index (κ1) is 15.8. The molecule has 116 valence electrons. The molecule has 1 unspecified atom stereocenters. The number of carbonyl (C=O) groups is 2. The topological polar surface area (TPSA) is 52.6 Å². The number of hydrogen-bond acceptors (Lipinski definition) is 4. The summed E-state index contributed by atoms with van der Waals surface area (Å²) in [5.74, 6) is -0.990. The fourth-order valence-corrected chi connectivity index (χ4v) is 3.27. The van der Waals surface area contributed by atoms with E-state index in [0.717, 1.165) is 31.3 Å². The molecule has 0 saturated carbocycles. The van der Waals surface area contributed by atoms with Gasteiger partial charge in [0.25, 0.3) is 0 Å². The van der Waals surface area contributed by atoms with Crippen molar-refractivity contribution in [1.82, 2.24) is 0 Å². The van der Waals surface area contributed by atoms with Gasteiger partial charge in [-0.2, -0.15) is 0 Å². The number of allylic oxidation sites excluding steroid dienone is 4. The first-order valence-corrected chi connectivity index (χ1v) is 7.86. The Bertz CT molecular complexity index is 443. The summed E-state index contributed by atoms with van der Waals surface area (Å²) in [6.45, 7) is 4.08. The van der Waals surface area contributed by atoms with E-state index in [4.69, 9.17) is 9.47 Å². The van der Waals surface area contributed by atoms with Crippen molar-refractivity contribution in [2.75, 3.05) is 13.2 Å².